The fraction of sp³-hybridized carbons (Fsp3) is 0.429. The predicted molar refractivity (Wildman–Crippen MR) is 103 cm³/mol. The van der Waals surface area contributed by atoms with Crippen LogP contribution in [0.1, 0.15) is 55.3 Å². The first kappa shape index (κ1) is 20.6. The van der Waals surface area contributed by atoms with Gasteiger partial charge < -0.3 is 18.9 Å². The van der Waals surface area contributed by atoms with Crippen molar-refractivity contribution in [3.05, 3.63) is 35.4 Å². The van der Waals surface area contributed by atoms with Gasteiger partial charge in [0, 0.05) is 10.8 Å². The lowest BCUT2D eigenvalue weighted by Gasteiger charge is -2.22. The largest absolute Gasteiger partial charge is 0.492 e. The number of carbonyl (C=O) groups excluding carboxylic acids is 2. The minimum atomic E-state index is -0.650. The van der Waals surface area contributed by atoms with Crippen LogP contribution in [0.4, 0.5) is 0 Å². The highest BCUT2D eigenvalue weighted by Gasteiger charge is 2.32. The van der Waals surface area contributed by atoms with Gasteiger partial charge in [0.25, 0.3) is 0 Å². The quantitative estimate of drug-likeness (QED) is 0.639. The molecular formula is C21H26O6. The van der Waals surface area contributed by atoms with Gasteiger partial charge in [-0.25, -0.2) is 9.59 Å². The van der Waals surface area contributed by atoms with Crippen molar-refractivity contribution >= 4 is 22.7 Å². The van der Waals surface area contributed by atoms with Gasteiger partial charge in [-0.1, -0.05) is 24.3 Å². The van der Waals surface area contributed by atoms with Crippen molar-refractivity contribution in [1.29, 1.82) is 0 Å². The topological polar surface area (TPSA) is 71.1 Å². The first-order valence-corrected chi connectivity index (χ1v) is 9.18. The van der Waals surface area contributed by atoms with Crippen LogP contribution < -0.4 is 9.47 Å². The second kappa shape index (κ2) is 9.26. The van der Waals surface area contributed by atoms with E-state index >= 15 is 0 Å². The maximum absolute atomic E-state index is 12.8. The number of benzene rings is 2. The molecule has 0 saturated carbocycles. The lowest BCUT2D eigenvalue weighted by molar-refractivity contribution is 0.0470. The number of hydrogen-bond acceptors (Lipinski definition) is 6. The van der Waals surface area contributed by atoms with E-state index in [0.717, 1.165) is 0 Å². The van der Waals surface area contributed by atoms with E-state index in [-0.39, 0.29) is 30.4 Å². The normalized spacial score (nSPS) is 10.7. The Labute approximate surface area is 159 Å². The van der Waals surface area contributed by atoms with Gasteiger partial charge in [0.15, 0.2) is 0 Å². The summed E-state index contributed by atoms with van der Waals surface area (Å²) >= 11 is 0. The van der Waals surface area contributed by atoms with Crippen molar-refractivity contribution in [2.45, 2.75) is 40.7 Å². The van der Waals surface area contributed by atoms with E-state index in [4.69, 9.17) is 18.9 Å². The van der Waals surface area contributed by atoms with Gasteiger partial charge in [-0.05, 0) is 34.6 Å². The third kappa shape index (κ3) is 4.32. The highest BCUT2D eigenvalue weighted by atomic mass is 16.5. The Balaban J connectivity index is 2.97. The molecular weight excluding hydrogens is 348 g/mol. The fourth-order valence-electron chi connectivity index (χ4n) is 2.82. The smallest absolute Gasteiger partial charge is 0.342 e. The van der Waals surface area contributed by atoms with Crippen LogP contribution in [0.2, 0.25) is 0 Å². The Morgan fingerprint density at radius 2 is 1.30 bits per heavy atom. The summed E-state index contributed by atoms with van der Waals surface area (Å²) in [5.41, 5.74) is 0.0673. The van der Waals surface area contributed by atoms with E-state index < -0.39 is 11.9 Å². The van der Waals surface area contributed by atoms with Crippen LogP contribution in [0.25, 0.3) is 10.8 Å². The van der Waals surface area contributed by atoms with Crippen LogP contribution in [-0.4, -0.2) is 37.9 Å². The summed E-state index contributed by atoms with van der Waals surface area (Å²) in [7, 11) is 0. The van der Waals surface area contributed by atoms with Crippen molar-refractivity contribution in [2.75, 3.05) is 19.8 Å². The van der Waals surface area contributed by atoms with E-state index in [1.165, 1.54) is 0 Å². The summed E-state index contributed by atoms with van der Waals surface area (Å²) in [5.74, 6) is -0.706. The van der Waals surface area contributed by atoms with E-state index in [0.29, 0.717) is 28.9 Å². The molecule has 0 saturated heterocycles. The van der Waals surface area contributed by atoms with Gasteiger partial charge in [-0.3, -0.25) is 0 Å². The van der Waals surface area contributed by atoms with E-state index in [1.54, 1.807) is 13.8 Å². The van der Waals surface area contributed by atoms with E-state index in [2.05, 4.69) is 0 Å². The monoisotopic (exact) mass is 374 g/mol. The minimum Gasteiger partial charge on any atom is -0.492 e. The fourth-order valence-corrected chi connectivity index (χ4v) is 2.82. The molecule has 0 aliphatic heterocycles. The molecule has 0 bridgehead atoms. The summed E-state index contributed by atoms with van der Waals surface area (Å²) in [6.45, 7) is 9.58. The molecule has 0 N–H and O–H groups in total. The number of esters is 2. The van der Waals surface area contributed by atoms with E-state index in [9.17, 15) is 9.59 Å². The summed E-state index contributed by atoms with van der Waals surface area (Å²) < 4.78 is 22.2. The average molecular weight is 374 g/mol. The zero-order valence-corrected chi connectivity index (χ0v) is 16.5. The maximum Gasteiger partial charge on any atom is 0.342 e. The summed E-state index contributed by atoms with van der Waals surface area (Å²) in [5, 5.41) is 1.34. The van der Waals surface area contributed by atoms with Gasteiger partial charge in [-0.15, -0.1) is 0 Å². The maximum atomic E-state index is 12.8. The number of ether oxygens (including phenoxy) is 4. The Morgan fingerprint density at radius 1 is 0.815 bits per heavy atom. The van der Waals surface area contributed by atoms with Crippen LogP contribution in [0.15, 0.2) is 24.3 Å². The number of fused-ring (bicyclic) bond motifs is 1. The molecule has 6 nitrogen and oxygen atoms in total. The first-order valence-electron chi connectivity index (χ1n) is 9.18. The molecule has 0 aliphatic rings. The molecule has 2 aromatic rings. The molecule has 0 fully saturated rings. The van der Waals surface area contributed by atoms with Gasteiger partial charge in [-0.2, -0.15) is 0 Å². The van der Waals surface area contributed by atoms with Crippen LogP contribution in [-0.2, 0) is 9.47 Å². The Kier molecular flexibility index (Phi) is 7.05. The molecule has 2 rings (SSSR count). The number of hydrogen-bond donors (Lipinski definition) is 0. The van der Waals surface area contributed by atoms with Crippen molar-refractivity contribution in [3.63, 3.8) is 0 Å². The highest BCUT2D eigenvalue weighted by molar-refractivity contribution is 6.14. The van der Waals surface area contributed by atoms with Crippen molar-refractivity contribution in [1.82, 2.24) is 0 Å². The van der Waals surface area contributed by atoms with Crippen LogP contribution in [0, 0.1) is 0 Å². The Bertz CT molecular complexity index is 825. The molecule has 0 heterocycles. The molecule has 146 valence electrons. The predicted octanol–water partition coefficient (Wildman–Crippen LogP) is 4.38. The minimum absolute atomic E-state index is 0.0335. The average Bonchev–Trinajstić information content (AvgIpc) is 2.63. The summed E-state index contributed by atoms with van der Waals surface area (Å²) in [6.07, 6.45) is -0.213. The Morgan fingerprint density at radius 3 is 1.74 bits per heavy atom. The first-order chi connectivity index (χ1) is 13.0. The van der Waals surface area contributed by atoms with Crippen LogP contribution >= 0.6 is 0 Å². The standard InChI is InChI=1S/C21H26O6/c1-6-24-18-14-11-9-10-12-15(14)19(27-13(4)5)17(21(23)26-8-3)16(18)20(22)25-7-2/h9-13H,6-8H2,1-5H3. The molecule has 0 radical (unpaired) electrons. The number of rotatable bonds is 8. The van der Waals surface area contributed by atoms with Gasteiger partial charge in [0.2, 0.25) is 0 Å². The van der Waals surface area contributed by atoms with Crippen molar-refractivity contribution < 1.29 is 28.5 Å². The number of carbonyl (C=O) groups is 2. The third-order valence-corrected chi connectivity index (χ3v) is 3.72. The summed E-state index contributed by atoms with van der Waals surface area (Å²) in [6, 6.07) is 7.32. The molecule has 0 aliphatic carbocycles. The molecule has 0 spiro atoms. The molecule has 0 unspecified atom stereocenters. The zero-order chi connectivity index (χ0) is 20.0. The van der Waals surface area contributed by atoms with Crippen LogP contribution in [0.5, 0.6) is 11.5 Å². The molecule has 27 heavy (non-hydrogen) atoms. The molecule has 6 heteroatoms. The van der Waals surface area contributed by atoms with Gasteiger partial charge >= 0.3 is 11.9 Å². The second-order valence-corrected chi connectivity index (χ2v) is 5.99. The Hall–Kier alpha value is -2.76. The third-order valence-electron chi connectivity index (χ3n) is 3.72. The molecule has 0 aromatic heterocycles. The lowest BCUT2D eigenvalue weighted by Crippen LogP contribution is -2.19. The molecule has 2 aromatic carbocycles. The summed E-state index contributed by atoms with van der Waals surface area (Å²) in [4.78, 5) is 25.6. The van der Waals surface area contributed by atoms with E-state index in [1.807, 2.05) is 45.0 Å². The second-order valence-electron chi connectivity index (χ2n) is 5.99. The van der Waals surface area contributed by atoms with Gasteiger partial charge in [0.1, 0.15) is 22.6 Å². The lowest BCUT2D eigenvalue weighted by atomic mass is 9.97. The van der Waals surface area contributed by atoms with Crippen molar-refractivity contribution in [3.8, 4) is 11.5 Å². The molecule has 0 amide bonds. The van der Waals surface area contributed by atoms with Crippen molar-refractivity contribution in [2.24, 2.45) is 0 Å². The van der Waals surface area contributed by atoms with Crippen LogP contribution in [0.3, 0.4) is 0 Å². The SMILES string of the molecule is CCOC(=O)c1c(C(=O)OCC)c(OC(C)C)c2ccccc2c1OCC. The highest BCUT2D eigenvalue weighted by Crippen LogP contribution is 2.42. The zero-order valence-electron chi connectivity index (χ0n) is 16.5. The van der Waals surface area contributed by atoms with Gasteiger partial charge in [0.05, 0.1) is 25.9 Å². The molecule has 0 atom stereocenters.